The van der Waals surface area contributed by atoms with Crippen molar-refractivity contribution in [1.82, 2.24) is 0 Å². The summed E-state index contributed by atoms with van der Waals surface area (Å²) in [6.07, 6.45) is 144. The molecule has 0 aromatic heterocycles. The van der Waals surface area contributed by atoms with E-state index in [1.54, 1.807) is 0 Å². The van der Waals surface area contributed by atoms with Crippen molar-refractivity contribution in [3.8, 4) is 0 Å². The first-order valence-corrected chi connectivity index (χ1v) is 48.0. The molecule has 0 aromatic carbocycles. The topological polar surface area (TPSA) is 63.0 Å². The van der Waals surface area contributed by atoms with Crippen LogP contribution in [-0.2, 0) is 0 Å². The Bertz CT molecular complexity index is 646. The quantitative estimate of drug-likeness (QED) is 0.232. The van der Waals surface area contributed by atoms with E-state index in [0.29, 0.717) is 0 Å². The van der Waals surface area contributed by atoms with E-state index in [1.807, 2.05) is 0 Å². The lowest BCUT2D eigenvalue weighted by molar-refractivity contribution is 0.504. The van der Waals surface area contributed by atoms with Crippen molar-refractivity contribution in [2.45, 2.75) is 616 Å². The summed E-state index contributed by atoms with van der Waals surface area (Å²) in [4.78, 5) is 0. The maximum Gasteiger partial charge on any atom is -0.0533 e. The van der Waals surface area contributed by atoms with Crippen LogP contribution in [0.1, 0.15) is 616 Å². The Labute approximate surface area is 623 Å². The molecule has 0 aliphatic heterocycles. The van der Waals surface area contributed by atoms with Crippen LogP contribution < -0.4 is 0 Å². The van der Waals surface area contributed by atoms with Crippen molar-refractivity contribution >= 4 is 0 Å². The summed E-state index contributed by atoms with van der Waals surface area (Å²) in [6, 6.07) is 0. The molecule has 2 nitrogen and oxygen atoms in total. The molecule has 592 valence electrons. The Kier molecular flexibility index (Phi) is 98.9. The smallest absolute Gasteiger partial charge is 0.0533 e. The summed E-state index contributed by atoms with van der Waals surface area (Å²) in [7, 11) is 0. The second-order valence-electron chi connectivity index (χ2n) is 33.9. The van der Waals surface area contributed by atoms with E-state index in [2.05, 4.69) is 0 Å². The molecule has 0 unspecified atom stereocenters. The molecule has 0 heterocycles. The fourth-order valence-corrected chi connectivity index (χ4v) is 17.0. The van der Waals surface area contributed by atoms with Crippen LogP contribution in [0.25, 0.3) is 0 Å². The minimum absolute atomic E-state index is 0. The molecule has 2 heteroatoms. The molecule has 0 amide bonds. The van der Waals surface area contributed by atoms with Crippen LogP contribution in [0.15, 0.2) is 0 Å². The lowest BCUT2D eigenvalue weighted by Crippen LogP contribution is -1.85. The maximum absolute atomic E-state index is 1.50. The second kappa shape index (κ2) is 96.9. The summed E-state index contributed by atoms with van der Waals surface area (Å²) in [5.74, 6) is 0. The third-order valence-corrected chi connectivity index (χ3v) is 24.0. The van der Waals surface area contributed by atoms with Crippen LogP contribution in [-0.4, -0.2) is 11.0 Å². The van der Waals surface area contributed by atoms with E-state index in [0.717, 1.165) is 0 Å². The Balaban J connectivity index is 0. The van der Waals surface area contributed by atoms with E-state index >= 15 is 0 Å². The van der Waals surface area contributed by atoms with E-state index in [4.69, 9.17) is 0 Å². The molecule has 16 aliphatic rings. The van der Waals surface area contributed by atoms with Gasteiger partial charge in [-0.05, 0) is 0 Å². The highest BCUT2D eigenvalue weighted by Crippen LogP contribution is 2.24. The third-order valence-electron chi connectivity index (χ3n) is 24.0. The van der Waals surface area contributed by atoms with E-state index in [-0.39, 0.29) is 11.0 Å². The van der Waals surface area contributed by atoms with Gasteiger partial charge in [0.2, 0.25) is 0 Å². The molecule has 16 saturated carbocycles. The SMILES string of the molecule is C1CCCCC1.C1CCCCC1.C1CCCCC1.C1CCCCC1.C1CCCCC1.C1CCCCC1.C1CCCCC1.C1CCCCC1.C1CCCCC1.C1CCCCC1.C1CCCCC1.C1CCCCC1.C1CCCCC1.C1CCCCC1.C1CCCCC1.C1CCCCC1.O.O. The second-order valence-corrected chi connectivity index (χ2v) is 33.9. The normalized spacial score (nSPS) is 23.5. The van der Waals surface area contributed by atoms with Gasteiger partial charge in [-0.2, -0.15) is 0 Å². The zero-order chi connectivity index (χ0) is 67.9. The van der Waals surface area contributed by atoms with Crippen LogP contribution in [0.3, 0.4) is 0 Å². The molecule has 16 rings (SSSR count). The van der Waals surface area contributed by atoms with Gasteiger partial charge in [0, 0.05) is 0 Å². The minimum atomic E-state index is 0. The molecule has 0 atom stereocenters. The number of hydrogen-bond acceptors (Lipinski definition) is 0. The van der Waals surface area contributed by atoms with Crippen LogP contribution in [0.4, 0.5) is 0 Å². The van der Waals surface area contributed by atoms with Crippen molar-refractivity contribution < 1.29 is 11.0 Å². The first-order chi connectivity index (χ1) is 48.0. The highest BCUT2D eigenvalue weighted by Gasteiger charge is 2.04. The first-order valence-electron chi connectivity index (χ1n) is 48.0. The third kappa shape index (κ3) is 93.9. The summed E-state index contributed by atoms with van der Waals surface area (Å²) in [5.41, 5.74) is 0. The molecule has 0 aromatic rings. The van der Waals surface area contributed by atoms with Crippen LogP contribution in [0.5, 0.6) is 0 Å². The first kappa shape index (κ1) is 100.0. The largest absolute Gasteiger partial charge is 0.412 e. The van der Waals surface area contributed by atoms with Gasteiger partial charge < -0.3 is 11.0 Å². The van der Waals surface area contributed by atoms with Crippen LogP contribution >= 0.6 is 0 Å². The molecular weight excluding hydrogens is 1190 g/mol. The molecular formula is C96H196O2. The van der Waals surface area contributed by atoms with Crippen molar-refractivity contribution in [1.29, 1.82) is 0 Å². The highest BCUT2D eigenvalue weighted by molar-refractivity contribution is 4.60. The van der Waals surface area contributed by atoms with Gasteiger partial charge in [0.15, 0.2) is 0 Å². The Hall–Kier alpha value is -0.0800. The van der Waals surface area contributed by atoms with Crippen LogP contribution in [0, 0.1) is 0 Å². The summed E-state index contributed by atoms with van der Waals surface area (Å²) in [6.45, 7) is 0. The summed E-state index contributed by atoms with van der Waals surface area (Å²) >= 11 is 0. The van der Waals surface area contributed by atoms with Crippen molar-refractivity contribution in [3.05, 3.63) is 0 Å². The number of hydrogen-bond donors (Lipinski definition) is 0. The van der Waals surface area contributed by atoms with Crippen molar-refractivity contribution in [2.75, 3.05) is 0 Å². The fraction of sp³-hybridized carbons (Fsp3) is 1.00. The van der Waals surface area contributed by atoms with Gasteiger partial charge in [-0.3, -0.25) is 0 Å². The number of rotatable bonds is 0. The van der Waals surface area contributed by atoms with Gasteiger partial charge in [0.05, 0.1) is 0 Å². The van der Waals surface area contributed by atoms with Gasteiger partial charge in [0.25, 0.3) is 0 Å². The summed E-state index contributed by atoms with van der Waals surface area (Å²) < 4.78 is 0. The molecule has 16 fully saturated rings. The highest BCUT2D eigenvalue weighted by atomic mass is 16.0. The maximum atomic E-state index is 1.50. The fourth-order valence-electron chi connectivity index (χ4n) is 17.0. The minimum Gasteiger partial charge on any atom is -0.412 e. The monoisotopic (exact) mass is 1380 g/mol. The molecule has 0 bridgehead atoms. The Morgan fingerprint density at radius 3 is 0.0510 bits per heavy atom. The van der Waals surface area contributed by atoms with E-state index in [9.17, 15) is 0 Å². The van der Waals surface area contributed by atoms with Crippen molar-refractivity contribution in [3.63, 3.8) is 0 Å². The Morgan fingerprint density at radius 1 is 0.0306 bits per heavy atom. The van der Waals surface area contributed by atoms with Gasteiger partial charge in [-0.25, -0.2) is 0 Å². The lowest BCUT2D eigenvalue weighted by atomic mass is 10.0. The van der Waals surface area contributed by atoms with E-state index in [1.165, 1.54) is 616 Å². The summed E-state index contributed by atoms with van der Waals surface area (Å²) in [5, 5.41) is 0. The molecule has 0 saturated heterocycles. The average molecular weight is 1380 g/mol. The zero-order valence-corrected chi connectivity index (χ0v) is 68.9. The lowest BCUT2D eigenvalue weighted by Gasteiger charge is -2.05. The molecule has 0 spiro atoms. The predicted molar refractivity (Wildman–Crippen MR) is 450 cm³/mol. The predicted octanol–water partition coefficient (Wildman–Crippen LogP) is 35.8. The van der Waals surface area contributed by atoms with Gasteiger partial charge in [-0.15, -0.1) is 0 Å². The molecule has 16 aliphatic carbocycles. The molecule has 4 N–H and O–H groups in total. The van der Waals surface area contributed by atoms with Gasteiger partial charge in [-0.1, -0.05) is 616 Å². The van der Waals surface area contributed by atoms with Gasteiger partial charge >= 0.3 is 0 Å². The molecule has 98 heavy (non-hydrogen) atoms. The van der Waals surface area contributed by atoms with Gasteiger partial charge in [0.1, 0.15) is 0 Å². The van der Waals surface area contributed by atoms with Crippen LogP contribution in [0.2, 0.25) is 0 Å². The standard InChI is InChI=1S/16C6H12.2H2O/c16*1-2-4-6-5-3-1;;/h16*1-6H2;2*1H2. The average Bonchev–Trinajstić information content (AvgIpc) is 3.75. The van der Waals surface area contributed by atoms with Crippen molar-refractivity contribution in [2.24, 2.45) is 0 Å². The zero-order valence-electron chi connectivity index (χ0n) is 68.9. The Morgan fingerprint density at radius 2 is 0.0408 bits per heavy atom. The molecule has 0 radical (unpaired) electrons. The van der Waals surface area contributed by atoms with E-state index < -0.39 is 0 Å².